The molecule has 2 N–H and O–H groups in total. The highest BCUT2D eigenvalue weighted by Gasteiger charge is 2.34. The van der Waals surface area contributed by atoms with Crippen molar-refractivity contribution in [3.8, 4) is 0 Å². The lowest BCUT2D eigenvalue weighted by Gasteiger charge is -2.46. The zero-order valence-electron chi connectivity index (χ0n) is 12.2. The summed E-state index contributed by atoms with van der Waals surface area (Å²) in [5, 5.41) is 0. The Hall–Kier alpha value is -0.580. The Balaban J connectivity index is 1.64. The van der Waals surface area contributed by atoms with Gasteiger partial charge in [-0.15, -0.1) is 0 Å². The quantitative estimate of drug-likeness (QED) is 0.842. The third kappa shape index (κ3) is 3.02. The molecule has 0 spiro atoms. The van der Waals surface area contributed by atoms with Crippen LogP contribution in [0.2, 0.25) is 0 Å². The average Bonchev–Trinajstić information content (AvgIpc) is 2.42. The fourth-order valence-electron chi connectivity index (χ4n) is 3.80. The molecular weight excluding hydrogens is 314 g/mol. The van der Waals surface area contributed by atoms with Crippen LogP contribution in [-0.2, 0) is 6.54 Å². The minimum absolute atomic E-state index is 0.815. The van der Waals surface area contributed by atoms with Crippen LogP contribution in [0.4, 0.5) is 5.69 Å². The second-order valence-corrected chi connectivity index (χ2v) is 7.18. The molecule has 2 atom stereocenters. The fourth-order valence-corrected chi connectivity index (χ4v) is 4.33. The van der Waals surface area contributed by atoms with E-state index < -0.39 is 0 Å². The van der Waals surface area contributed by atoms with Crippen molar-refractivity contribution in [2.24, 2.45) is 5.92 Å². The first kappa shape index (κ1) is 14.4. The summed E-state index contributed by atoms with van der Waals surface area (Å²) in [6.07, 6.45) is 4.07. The van der Waals surface area contributed by atoms with Crippen molar-refractivity contribution in [2.75, 3.05) is 32.4 Å². The molecule has 2 aliphatic rings. The maximum Gasteiger partial charge on any atom is 0.0325 e. The molecule has 1 aromatic carbocycles. The molecule has 20 heavy (non-hydrogen) atoms. The van der Waals surface area contributed by atoms with Crippen LogP contribution in [0.15, 0.2) is 22.7 Å². The molecule has 1 aromatic rings. The van der Waals surface area contributed by atoms with Crippen molar-refractivity contribution in [3.05, 3.63) is 28.2 Å². The molecule has 3 rings (SSSR count). The maximum absolute atomic E-state index is 5.81. The second kappa shape index (κ2) is 6.04. The highest BCUT2D eigenvalue weighted by Crippen LogP contribution is 2.31. The molecule has 2 fully saturated rings. The molecule has 0 bridgehead atoms. The molecule has 0 aromatic heterocycles. The maximum atomic E-state index is 5.81. The smallest absolute Gasteiger partial charge is 0.0325 e. The van der Waals surface area contributed by atoms with E-state index in [1.165, 1.54) is 44.5 Å². The monoisotopic (exact) mass is 337 g/mol. The Labute approximate surface area is 130 Å². The number of piperidine rings is 2. The SMILES string of the molecule is CN1CCCC2CN(Cc3ccc(N)cc3Br)CCC21. The molecule has 2 saturated heterocycles. The first-order chi connectivity index (χ1) is 9.63. The van der Waals surface area contributed by atoms with E-state index in [2.05, 4.69) is 38.8 Å². The predicted octanol–water partition coefficient (Wildman–Crippen LogP) is 2.95. The van der Waals surface area contributed by atoms with E-state index in [9.17, 15) is 0 Å². The molecular formula is C16H24BrN3. The van der Waals surface area contributed by atoms with E-state index in [0.29, 0.717) is 0 Å². The Morgan fingerprint density at radius 1 is 1.30 bits per heavy atom. The van der Waals surface area contributed by atoms with E-state index in [-0.39, 0.29) is 0 Å². The highest BCUT2D eigenvalue weighted by molar-refractivity contribution is 9.10. The summed E-state index contributed by atoms with van der Waals surface area (Å²) in [6.45, 7) is 4.77. The van der Waals surface area contributed by atoms with Gasteiger partial charge in [-0.2, -0.15) is 0 Å². The van der Waals surface area contributed by atoms with E-state index >= 15 is 0 Å². The lowest BCUT2D eigenvalue weighted by Crippen LogP contribution is -2.52. The van der Waals surface area contributed by atoms with Gasteiger partial charge in [0, 0.05) is 29.3 Å². The zero-order valence-corrected chi connectivity index (χ0v) is 13.8. The van der Waals surface area contributed by atoms with Gasteiger partial charge in [0.05, 0.1) is 0 Å². The normalized spacial score (nSPS) is 28.3. The van der Waals surface area contributed by atoms with Crippen molar-refractivity contribution in [1.29, 1.82) is 0 Å². The third-order valence-corrected chi connectivity index (χ3v) is 5.64. The largest absolute Gasteiger partial charge is 0.399 e. The van der Waals surface area contributed by atoms with Gasteiger partial charge in [0.2, 0.25) is 0 Å². The van der Waals surface area contributed by atoms with Crippen LogP contribution >= 0.6 is 15.9 Å². The number of anilines is 1. The van der Waals surface area contributed by atoms with Gasteiger partial charge in [-0.1, -0.05) is 22.0 Å². The lowest BCUT2D eigenvalue weighted by molar-refractivity contribution is 0.0354. The van der Waals surface area contributed by atoms with Crippen LogP contribution < -0.4 is 5.73 Å². The van der Waals surface area contributed by atoms with Crippen LogP contribution in [-0.4, -0.2) is 42.5 Å². The summed E-state index contributed by atoms with van der Waals surface area (Å²) in [5.74, 6) is 0.857. The van der Waals surface area contributed by atoms with Gasteiger partial charge in [-0.05, 0) is 63.0 Å². The van der Waals surface area contributed by atoms with Gasteiger partial charge in [0.15, 0.2) is 0 Å². The van der Waals surface area contributed by atoms with Gasteiger partial charge in [-0.3, -0.25) is 4.90 Å². The first-order valence-corrected chi connectivity index (χ1v) is 8.39. The number of fused-ring (bicyclic) bond motifs is 1. The Morgan fingerprint density at radius 2 is 2.15 bits per heavy atom. The fraction of sp³-hybridized carbons (Fsp3) is 0.625. The standard InChI is InChI=1S/C16H24BrN3/c1-19-7-2-3-13-11-20(8-6-16(13)19)10-12-4-5-14(18)9-15(12)17/h4-5,9,13,16H,2-3,6-8,10-11,18H2,1H3. The van der Waals surface area contributed by atoms with Gasteiger partial charge in [0.1, 0.15) is 0 Å². The zero-order chi connectivity index (χ0) is 14.1. The molecule has 0 saturated carbocycles. The number of nitrogen functional groups attached to an aromatic ring is 1. The molecule has 2 unspecified atom stereocenters. The van der Waals surface area contributed by atoms with E-state index in [0.717, 1.165) is 28.7 Å². The van der Waals surface area contributed by atoms with Crippen molar-refractivity contribution < 1.29 is 0 Å². The van der Waals surface area contributed by atoms with Gasteiger partial charge in [0.25, 0.3) is 0 Å². The molecule has 3 nitrogen and oxygen atoms in total. The average molecular weight is 338 g/mol. The number of nitrogens with two attached hydrogens (primary N) is 1. The molecule has 2 aliphatic heterocycles. The summed E-state index contributed by atoms with van der Waals surface area (Å²) in [6, 6.07) is 6.98. The molecule has 110 valence electrons. The van der Waals surface area contributed by atoms with Crippen molar-refractivity contribution >= 4 is 21.6 Å². The van der Waals surface area contributed by atoms with Crippen LogP contribution in [0, 0.1) is 5.92 Å². The first-order valence-electron chi connectivity index (χ1n) is 7.60. The van der Waals surface area contributed by atoms with Crippen LogP contribution in [0.5, 0.6) is 0 Å². The summed E-state index contributed by atoms with van der Waals surface area (Å²) in [7, 11) is 2.29. The Kier molecular flexibility index (Phi) is 4.34. The molecule has 0 amide bonds. The van der Waals surface area contributed by atoms with Crippen LogP contribution in [0.3, 0.4) is 0 Å². The van der Waals surface area contributed by atoms with Gasteiger partial charge >= 0.3 is 0 Å². The van der Waals surface area contributed by atoms with Gasteiger partial charge < -0.3 is 10.6 Å². The number of likely N-dealkylation sites (tertiary alicyclic amines) is 2. The molecule has 2 heterocycles. The minimum atomic E-state index is 0.815. The summed E-state index contributed by atoms with van der Waals surface area (Å²) < 4.78 is 1.14. The molecule has 4 heteroatoms. The van der Waals surface area contributed by atoms with Crippen LogP contribution in [0.25, 0.3) is 0 Å². The van der Waals surface area contributed by atoms with Crippen molar-refractivity contribution in [1.82, 2.24) is 9.80 Å². The lowest BCUT2D eigenvalue weighted by atomic mass is 9.84. The second-order valence-electron chi connectivity index (χ2n) is 6.32. The van der Waals surface area contributed by atoms with Crippen molar-refractivity contribution in [2.45, 2.75) is 31.8 Å². The number of benzene rings is 1. The third-order valence-electron chi connectivity index (χ3n) is 4.90. The van der Waals surface area contributed by atoms with E-state index in [1.54, 1.807) is 0 Å². The Morgan fingerprint density at radius 3 is 2.95 bits per heavy atom. The predicted molar refractivity (Wildman–Crippen MR) is 87.6 cm³/mol. The van der Waals surface area contributed by atoms with E-state index in [1.807, 2.05) is 12.1 Å². The summed E-state index contributed by atoms with van der Waals surface area (Å²) in [4.78, 5) is 5.18. The summed E-state index contributed by atoms with van der Waals surface area (Å²) in [5.41, 5.74) is 7.99. The number of nitrogens with zero attached hydrogens (tertiary/aromatic N) is 2. The highest BCUT2D eigenvalue weighted by atomic mass is 79.9. The minimum Gasteiger partial charge on any atom is -0.399 e. The molecule has 0 aliphatic carbocycles. The summed E-state index contributed by atoms with van der Waals surface area (Å²) >= 11 is 3.64. The number of hydrogen-bond donors (Lipinski definition) is 1. The number of hydrogen-bond acceptors (Lipinski definition) is 3. The molecule has 0 radical (unpaired) electrons. The van der Waals surface area contributed by atoms with Gasteiger partial charge in [-0.25, -0.2) is 0 Å². The van der Waals surface area contributed by atoms with Crippen LogP contribution in [0.1, 0.15) is 24.8 Å². The van der Waals surface area contributed by atoms with Crippen molar-refractivity contribution in [3.63, 3.8) is 0 Å². The number of rotatable bonds is 2. The number of halogens is 1. The van der Waals surface area contributed by atoms with E-state index in [4.69, 9.17) is 5.73 Å². The Bertz CT molecular complexity index is 477. The topological polar surface area (TPSA) is 32.5 Å².